The molecule has 4 aromatic rings. The van der Waals surface area contributed by atoms with E-state index in [2.05, 4.69) is 56.6 Å². The Morgan fingerprint density at radius 1 is 0.945 bits per heavy atom. The molecule has 0 radical (unpaired) electrons. The van der Waals surface area contributed by atoms with Crippen LogP contribution in [0.5, 0.6) is 0 Å². The molecule has 2 aromatic carbocycles. The summed E-state index contributed by atoms with van der Waals surface area (Å²) in [7, 11) is 1.32. The average molecular weight is 748 g/mol. The summed E-state index contributed by atoms with van der Waals surface area (Å²) in [5, 5.41) is 2.87. The molecular formula is C43H53N7O5. The molecular weight excluding hydrogens is 695 g/mol. The number of aldehydes is 1. The number of fused-ring (bicyclic) bond motifs is 5. The number of hydrogen-bond donors (Lipinski definition) is 3. The normalized spacial score (nSPS) is 23.0. The molecule has 12 heteroatoms. The summed E-state index contributed by atoms with van der Waals surface area (Å²) >= 11 is 0. The van der Waals surface area contributed by atoms with Gasteiger partial charge in [-0.3, -0.25) is 9.80 Å². The lowest BCUT2D eigenvalue weighted by molar-refractivity contribution is -0.116. The van der Waals surface area contributed by atoms with Crippen molar-refractivity contribution in [2.45, 2.75) is 109 Å². The van der Waals surface area contributed by atoms with Crippen LogP contribution < -0.4 is 5.32 Å². The number of H-pyrrole nitrogens is 2. The van der Waals surface area contributed by atoms with Gasteiger partial charge in [-0.25, -0.2) is 19.6 Å². The average Bonchev–Trinajstić information content (AvgIpc) is 4.01. The predicted molar refractivity (Wildman–Crippen MR) is 209 cm³/mol. The molecule has 2 aromatic heterocycles. The molecule has 2 saturated heterocycles. The zero-order valence-corrected chi connectivity index (χ0v) is 32.8. The van der Waals surface area contributed by atoms with Crippen molar-refractivity contribution in [3.8, 4) is 33.6 Å². The van der Waals surface area contributed by atoms with Crippen LogP contribution in [0.2, 0.25) is 0 Å². The second-order valence-electron chi connectivity index (χ2n) is 17.2. The fourth-order valence-electron chi connectivity index (χ4n) is 9.41. The van der Waals surface area contributed by atoms with Gasteiger partial charge in [0.15, 0.2) is 0 Å². The van der Waals surface area contributed by atoms with Crippen molar-refractivity contribution in [1.82, 2.24) is 35.1 Å². The maximum atomic E-state index is 12.9. The first-order chi connectivity index (χ1) is 26.4. The number of likely N-dealkylation sites (tertiary alicyclic amines) is 2. The first-order valence-electron chi connectivity index (χ1n) is 19.8. The minimum atomic E-state index is -1.07. The molecule has 55 heavy (non-hydrogen) atoms. The third kappa shape index (κ3) is 6.94. The van der Waals surface area contributed by atoms with Gasteiger partial charge in [-0.15, -0.1) is 0 Å². The molecule has 4 heterocycles. The van der Waals surface area contributed by atoms with Gasteiger partial charge >= 0.3 is 12.2 Å². The molecule has 3 fully saturated rings. The summed E-state index contributed by atoms with van der Waals surface area (Å²) in [5.41, 5.74) is 7.60. The second-order valence-corrected chi connectivity index (χ2v) is 17.2. The lowest BCUT2D eigenvalue weighted by Crippen LogP contribution is -2.61. The Kier molecular flexibility index (Phi) is 9.59. The standard InChI is InChI=1S/C43H53N7O5/c1-25(2)43(24-51,48-40(52)54-6)23-50-31-14-11-30(20-31)37(50)39-45-22-35(47-39)29-13-16-33-27(19-29)10-9-26-18-28(12-15-32(26)33)34-21-44-38(46-34)36-8-7-17-49(36)41(53)55-42(3,4)5/h12-13,15-16,18-19,21-22,24-25,30-31,36-37H,7-11,14,17,20,23H2,1-6H3,(H,44,46)(H,45,47)(H,48,52)/t30?,31?,36-,37?,43+/m0/s1. The molecule has 290 valence electrons. The van der Waals surface area contributed by atoms with Gasteiger partial charge < -0.3 is 29.6 Å². The van der Waals surface area contributed by atoms with Crippen molar-refractivity contribution >= 4 is 18.5 Å². The molecule has 3 unspecified atom stereocenters. The Bertz CT molecular complexity index is 2100. The van der Waals surface area contributed by atoms with Crippen LogP contribution in [-0.2, 0) is 27.1 Å². The van der Waals surface area contributed by atoms with E-state index in [9.17, 15) is 14.4 Å². The van der Waals surface area contributed by atoms with Gasteiger partial charge in [0.2, 0.25) is 0 Å². The number of piperidine rings is 1. The number of methoxy groups -OCH3 is 1. The molecule has 1 saturated carbocycles. The molecule has 5 atom stereocenters. The van der Waals surface area contributed by atoms with E-state index in [-0.39, 0.29) is 24.1 Å². The summed E-state index contributed by atoms with van der Waals surface area (Å²) in [5.74, 6) is 2.02. The largest absolute Gasteiger partial charge is 0.453 e. The third-order valence-electron chi connectivity index (χ3n) is 12.4. The zero-order valence-electron chi connectivity index (χ0n) is 32.8. The van der Waals surface area contributed by atoms with Crippen LogP contribution in [0.4, 0.5) is 9.59 Å². The number of amides is 2. The van der Waals surface area contributed by atoms with Crippen LogP contribution >= 0.6 is 0 Å². The van der Waals surface area contributed by atoms with E-state index in [4.69, 9.17) is 19.4 Å². The minimum absolute atomic E-state index is 0.0387. The number of nitrogens with one attached hydrogen (secondary N) is 3. The maximum Gasteiger partial charge on any atom is 0.410 e. The van der Waals surface area contributed by atoms with Gasteiger partial charge in [-0.1, -0.05) is 38.1 Å². The zero-order chi connectivity index (χ0) is 38.6. The Morgan fingerprint density at radius 3 is 2.18 bits per heavy atom. The van der Waals surface area contributed by atoms with Gasteiger partial charge in [0, 0.05) is 19.1 Å². The first-order valence-corrected chi connectivity index (χ1v) is 19.8. The number of nitrogens with zero attached hydrogens (tertiary/aromatic N) is 4. The lowest BCUT2D eigenvalue weighted by Gasteiger charge is -2.42. The highest BCUT2D eigenvalue weighted by Crippen LogP contribution is 2.50. The van der Waals surface area contributed by atoms with E-state index in [1.807, 2.05) is 47.0 Å². The molecule has 8 rings (SSSR count). The van der Waals surface area contributed by atoms with E-state index in [1.165, 1.54) is 29.4 Å². The van der Waals surface area contributed by atoms with Crippen molar-refractivity contribution < 1.29 is 23.9 Å². The highest BCUT2D eigenvalue weighted by atomic mass is 16.6. The minimum Gasteiger partial charge on any atom is -0.453 e. The molecule has 2 amide bonds. The van der Waals surface area contributed by atoms with E-state index in [1.54, 1.807) is 4.90 Å². The van der Waals surface area contributed by atoms with Crippen LogP contribution in [0.1, 0.15) is 102 Å². The van der Waals surface area contributed by atoms with Crippen LogP contribution in [0.25, 0.3) is 33.6 Å². The summed E-state index contributed by atoms with van der Waals surface area (Å²) in [6, 6.07) is 13.6. The molecule has 2 aliphatic heterocycles. The number of imidazole rings is 2. The van der Waals surface area contributed by atoms with Crippen LogP contribution in [0.3, 0.4) is 0 Å². The first kappa shape index (κ1) is 37.0. The van der Waals surface area contributed by atoms with Gasteiger partial charge in [-0.2, -0.15) is 0 Å². The molecule has 4 aliphatic rings. The van der Waals surface area contributed by atoms with Crippen LogP contribution in [-0.4, -0.2) is 85.6 Å². The smallest absolute Gasteiger partial charge is 0.410 e. The number of benzene rings is 2. The molecule has 2 bridgehead atoms. The fraction of sp³-hybridized carbons (Fsp3) is 0.512. The molecule has 3 N–H and O–H groups in total. The van der Waals surface area contributed by atoms with Crippen molar-refractivity contribution in [3.63, 3.8) is 0 Å². The number of carbonyl (C=O) groups excluding carboxylic acids is 3. The quantitative estimate of drug-likeness (QED) is 0.147. The van der Waals surface area contributed by atoms with Crippen molar-refractivity contribution in [1.29, 1.82) is 0 Å². The number of rotatable bonds is 9. The van der Waals surface area contributed by atoms with Gasteiger partial charge in [-0.05, 0) is 123 Å². The number of aromatic nitrogens is 4. The summed E-state index contributed by atoms with van der Waals surface area (Å²) in [6.45, 7) is 10.7. The van der Waals surface area contributed by atoms with Gasteiger partial charge in [0.1, 0.15) is 29.1 Å². The number of hydrogen-bond acceptors (Lipinski definition) is 8. The van der Waals surface area contributed by atoms with Crippen molar-refractivity contribution in [3.05, 3.63) is 71.6 Å². The predicted octanol–water partition coefficient (Wildman–Crippen LogP) is 7.78. The summed E-state index contributed by atoms with van der Waals surface area (Å²) < 4.78 is 10.6. The fourth-order valence-corrected chi connectivity index (χ4v) is 9.41. The van der Waals surface area contributed by atoms with E-state index in [0.29, 0.717) is 25.0 Å². The summed E-state index contributed by atoms with van der Waals surface area (Å²) in [4.78, 5) is 58.9. The second kappa shape index (κ2) is 14.3. The van der Waals surface area contributed by atoms with E-state index < -0.39 is 17.2 Å². The molecule has 0 spiro atoms. The maximum absolute atomic E-state index is 12.9. The SMILES string of the molecule is COC(=O)N[C@@](C=O)(CN1C2CCC(C2)C1c1ncc(-c2ccc3c(c2)CCc2cc(-c4cnc([C@@H]5CCCN5C(=O)OC(C)(C)C)[nH]4)ccc2-3)[nH]1)C(C)C. The van der Waals surface area contributed by atoms with E-state index >= 15 is 0 Å². The van der Waals surface area contributed by atoms with Crippen molar-refractivity contribution in [2.24, 2.45) is 11.8 Å². The van der Waals surface area contributed by atoms with Gasteiger partial charge in [0.25, 0.3) is 0 Å². The third-order valence-corrected chi connectivity index (χ3v) is 12.4. The lowest BCUT2D eigenvalue weighted by atomic mass is 9.83. The van der Waals surface area contributed by atoms with Gasteiger partial charge in [0.05, 0.1) is 43.0 Å². The van der Waals surface area contributed by atoms with E-state index in [0.717, 1.165) is 85.4 Å². The monoisotopic (exact) mass is 747 g/mol. The van der Waals surface area contributed by atoms with Crippen molar-refractivity contribution in [2.75, 3.05) is 20.2 Å². The summed E-state index contributed by atoms with van der Waals surface area (Å²) in [6.07, 6.45) is 10.7. The number of aromatic amines is 2. The molecule has 2 aliphatic carbocycles. The Labute approximate surface area is 322 Å². The van der Waals surface area contributed by atoms with Crippen LogP contribution in [0, 0.1) is 11.8 Å². The Hall–Kier alpha value is -4.97. The number of alkyl carbamates (subject to hydrolysis) is 1. The highest BCUT2D eigenvalue weighted by molar-refractivity contribution is 5.79. The molecule has 12 nitrogen and oxygen atoms in total. The van der Waals surface area contributed by atoms with Crippen LogP contribution in [0.15, 0.2) is 48.8 Å². The Morgan fingerprint density at radius 2 is 1.58 bits per heavy atom. The Balaban J connectivity index is 0.995. The number of ether oxygens (including phenoxy) is 2. The number of aryl methyl sites for hydroxylation is 2. The topological polar surface area (TPSA) is 146 Å². The highest BCUT2D eigenvalue weighted by Gasteiger charge is 2.51. The number of carbonyl (C=O) groups is 3.